The largest absolute Gasteiger partial charge is 0.508 e. The molecule has 3 heteroatoms. The number of hydrogen-bond acceptors (Lipinski definition) is 3. The minimum atomic E-state index is 0.338. The van der Waals surface area contributed by atoms with E-state index in [0.29, 0.717) is 5.75 Å². The zero-order valence-corrected chi connectivity index (χ0v) is 15.0. The summed E-state index contributed by atoms with van der Waals surface area (Å²) >= 11 is 0. The lowest BCUT2D eigenvalue weighted by molar-refractivity contribution is 0.323. The number of piperazine rings is 1. The molecule has 0 aliphatic carbocycles. The van der Waals surface area contributed by atoms with Crippen molar-refractivity contribution in [1.29, 1.82) is 0 Å². The van der Waals surface area contributed by atoms with Gasteiger partial charge < -0.3 is 14.9 Å². The van der Waals surface area contributed by atoms with Gasteiger partial charge in [0.05, 0.1) is 0 Å². The molecule has 3 nitrogen and oxygen atoms in total. The fraction of sp³-hybridized carbons (Fsp3) is 0.333. The van der Waals surface area contributed by atoms with Crippen LogP contribution in [0, 0.1) is 13.8 Å². The second-order valence-electron chi connectivity index (χ2n) is 6.33. The van der Waals surface area contributed by atoms with Crippen LogP contribution in [0.25, 0.3) is 0 Å². The van der Waals surface area contributed by atoms with Crippen LogP contribution < -0.4 is 4.90 Å². The minimum Gasteiger partial charge on any atom is -0.508 e. The highest BCUT2D eigenvalue weighted by atomic mass is 16.3. The second kappa shape index (κ2) is 8.44. The summed E-state index contributed by atoms with van der Waals surface area (Å²) in [5.74, 6) is 0.338. The van der Waals surface area contributed by atoms with Crippen LogP contribution in [0.4, 0.5) is 5.69 Å². The number of anilines is 1. The number of phenols is 1. The summed E-state index contributed by atoms with van der Waals surface area (Å²) in [4.78, 5) is 4.82. The molecule has 1 aliphatic rings. The van der Waals surface area contributed by atoms with E-state index in [2.05, 4.69) is 54.5 Å². The zero-order chi connectivity index (χ0) is 17.5. The van der Waals surface area contributed by atoms with Crippen LogP contribution in [-0.2, 0) is 0 Å². The van der Waals surface area contributed by atoms with Crippen molar-refractivity contribution in [2.24, 2.45) is 0 Å². The van der Waals surface area contributed by atoms with Gasteiger partial charge in [-0.25, -0.2) is 0 Å². The van der Waals surface area contributed by atoms with Crippen molar-refractivity contribution in [3.8, 4) is 5.75 Å². The van der Waals surface area contributed by atoms with E-state index in [0.717, 1.165) is 31.7 Å². The molecular formula is C21H28N2O. The van der Waals surface area contributed by atoms with Gasteiger partial charge >= 0.3 is 0 Å². The van der Waals surface area contributed by atoms with Crippen LogP contribution in [0.2, 0.25) is 0 Å². The van der Waals surface area contributed by atoms with E-state index in [1.807, 2.05) is 19.1 Å². The molecule has 0 spiro atoms. The van der Waals surface area contributed by atoms with Crippen LogP contribution >= 0.6 is 0 Å². The molecule has 0 saturated carbocycles. The van der Waals surface area contributed by atoms with Gasteiger partial charge in [-0.15, -0.1) is 0 Å². The first-order chi connectivity index (χ1) is 11.5. The molecule has 0 amide bonds. The summed E-state index contributed by atoms with van der Waals surface area (Å²) in [7, 11) is 0. The van der Waals surface area contributed by atoms with Crippen molar-refractivity contribution in [1.82, 2.24) is 4.90 Å². The van der Waals surface area contributed by atoms with Gasteiger partial charge in [0, 0.05) is 37.6 Å². The Morgan fingerprint density at radius 3 is 2.12 bits per heavy atom. The van der Waals surface area contributed by atoms with Gasteiger partial charge in [-0.3, -0.25) is 0 Å². The number of rotatable bonds is 2. The third-order valence-corrected chi connectivity index (χ3v) is 4.28. The predicted molar refractivity (Wildman–Crippen MR) is 103 cm³/mol. The van der Waals surface area contributed by atoms with Crippen molar-refractivity contribution >= 4 is 5.69 Å². The zero-order valence-electron chi connectivity index (χ0n) is 15.0. The standard InChI is InChI=1S/C14H20N2.C7H8O/c1-12(2)15-8-10-16(11-9-15)14-7-5-4-6-13(14)3;1-6-3-2-4-7(8)5-6/h4-7H,1,8-11H2,2-3H3;2-5,8H,1H3. The van der Waals surface area contributed by atoms with E-state index in [9.17, 15) is 0 Å². The number of aryl methyl sites for hydroxylation is 2. The molecule has 128 valence electrons. The highest BCUT2D eigenvalue weighted by Gasteiger charge is 2.17. The quantitative estimate of drug-likeness (QED) is 0.889. The highest BCUT2D eigenvalue weighted by Crippen LogP contribution is 2.21. The van der Waals surface area contributed by atoms with Crippen LogP contribution in [-0.4, -0.2) is 36.2 Å². The maximum atomic E-state index is 8.81. The van der Waals surface area contributed by atoms with E-state index >= 15 is 0 Å². The highest BCUT2D eigenvalue weighted by molar-refractivity contribution is 5.53. The van der Waals surface area contributed by atoms with Crippen LogP contribution in [0.5, 0.6) is 5.75 Å². The summed E-state index contributed by atoms with van der Waals surface area (Å²) in [6.45, 7) is 14.6. The molecule has 0 atom stereocenters. The average molecular weight is 324 g/mol. The summed E-state index contributed by atoms with van der Waals surface area (Å²) in [5, 5.41) is 8.81. The van der Waals surface area contributed by atoms with Crippen LogP contribution in [0.3, 0.4) is 0 Å². The molecule has 24 heavy (non-hydrogen) atoms. The lowest BCUT2D eigenvalue weighted by Crippen LogP contribution is -2.45. The van der Waals surface area contributed by atoms with E-state index < -0.39 is 0 Å². The Bertz CT molecular complexity index is 656. The van der Waals surface area contributed by atoms with Gasteiger partial charge in [-0.05, 0) is 50.1 Å². The Balaban J connectivity index is 0.000000219. The molecular weight excluding hydrogens is 296 g/mol. The van der Waals surface area contributed by atoms with Crippen molar-refractivity contribution < 1.29 is 5.11 Å². The molecule has 2 aromatic carbocycles. The SMILES string of the molecule is C=C(C)N1CCN(c2ccccc2C)CC1.Cc1cccc(O)c1. The Hall–Kier alpha value is -2.42. The molecule has 1 N–H and O–H groups in total. The first kappa shape index (κ1) is 17.9. The molecule has 1 aliphatic heterocycles. The Morgan fingerprint density at radius 2 is 1.62 bits per heavy atom. The summed E-state index contributed by atoms with van der Waals surface area (Å²) in [5.41, 5.74) is 5.02. The third-order valence-electron chi connectivity index (χ3n) is 4.28. The van der Waals surface area contributed by atoms with Crippen molar-refractivity contribution in [3.05, 3.63) is 71.9 Å². The number of hydrogen-bond donors (Lipinski definition) is 1. The number of benzene rings is 2. The molecule has 0 aromatic heterocycles. The first-order valence-electron chi connectivity index (χ1n) is 8.44. The number of phenolic OH excluding ortho intramolecular Hbond substituents is 1. The predicted octanol–water partition coefficient (Wildman–Crippen LogP) is 4.35. The number of para-hydroxylation sites is 1. The maximum Gasteiger partial charge on any atom is 0.115 e. The lowest BCUT2D eigenvalue weighted by atomic mass is 10.1. The van der Waals surface area contributed by atoms with Crippen molar-refractivity contribution in [2.45, 2.75) is 20.8 Å². The van der Waals surface area contributed by atoms with Crippen LogP contribution in [0.15, 0.2) is 60.8 Å². The minimum absolute atomic E-state index is 0.338. The van der Waals surface area contributed by atoms with E-state index in [4.69, 9.17) is 5.11 Å². The molecule has 0 radical (unpaired) electrons. The van der Waals surface area contributed by atoms with Crippen molar-refractivity contribution in [3.63, 3.8) is 0 Å². The second-order valence-corrected chi connectivity index (χ2v) is 6.33. The third kappa shape index (κ3) is 5.05. The van der Waals surface area contributed by atoms with E-state index in [-0.39, 0.29) is 0 Å². The van der Waals surface area contributed by atoms with Gasteiger partial charge in [0.2, 0.25) is 0 Å². The lowest BCUT2D eigenvalue weighted by Gasteiger charge is -2.38. The van der Waals surface area contributed by atoms with E-state index in [1.165, 1.54) is 16.9 Å². The summed E-state index contributed by atoms with van der Waals surface area (Å²) in [6.07, 6.45) is 0. The summed E-state index contributed by atoms with van der Waals surface area (Å²) in [6, 6.07) is 15.8. The molecule has 0 unspecified atom stereocenters. The number of allylic oxidation sites excluding steroid dienone is 1. The van der Waals surface area contributed by atoms with E-state index in [1.54, 1.807) is 12.1 Å². The molecule has 1 saturated heterocycles. The topological polar surface area (TPSA) is 26.7 Å². The monoisotopic (exact) mass is 324 g/mol. The maximum absolute atomic E-state index is 8.81. The van der Waals surface area contributed by atoms with Gasteiger partial charge in [-0.2, -0.15) is 0 Å². The van der Waals surface area contributed by atoms with Crippen LogP contribution in [0.1, 0.15) is 18.1 Å². The molecule has 1 fully saturated rings. The fourth-order valence-corrected chi connectivity index (χ4v) is 2.88. The Kier molecular flexibility index (Phi) is 6.30. The van der Waals surface area contributed by atoms with Crippen molar-refractivity contribution in [2.75, 3.05) is 31.1 Å². The fourth-order valence-electron chi connectivity index (χ4n) is 2.88. The smallest absolute Gasteiger partial charge is 0.115 e. The summed E-state index contributed by atoms with van der Waals surface area (Å²) < 4.78 is 0. The van der Waals surface area contributed by atoms with Gasteiger partial charge in [0.25, 0.3) is 0 Å². The molecule has 1 heterocycles. The molecule has 0 bridgehead atoms. The normalized spacial score (nSPS) is 14.0. The number of aromatic hydroxyl groups is 1. The van der Waals surface area contributed by atoms with Gasteiger partial charge in [0.1, 0.15) is 5.75 Å². The Morgan fingerprint density at radius 1 is 0.958 bits per heavy atom. The van der Waals surface area contributed by atoms with Gasteiger partial charge in [-0.1, -0.05) is 36.9 Å². The number of nitrogens with zero attached hydrogens (tertiary/aromatic N) is 2. The molecule has 3 rings (SSSR count). The van der Waals surface area contributed by atoms with Gasteiger partial charge in [0.15, 0.2) is 0 Å². The molecule has 2 aromatic rings. The first-order valence-corrected chi connectivity index (χ1v) is 8.44. The average Bonchev–Trinajstić information content (AvgIpc) is 2.56. The Labute approximate surface area is 145 Å².